The molecule has 0 unspecified atom stereocenters. The summed E-state index contributed by atoms with van der Waals surface area (Å²) in [6, 6.07) is 16.8. The summed E-state index contributed by atoms with van der Waals surface area (Å²) >= 11 is 0. The average Bonchev–Trinajstić information content (AvgIpc) is 2.91. The lowest BCUT2D eigenvalue weighted by molar-refractivity contribution is 0.619. The fourth-order valence-electron chi connectivity index (χ4n) is 2.51. The minimum Gasteiger partial charge on any atom is -0.456 e. The zero-order valence-corrected chi connectivity index (χ0v) is 10.6. The Labute approximate surface area is 114 Å². The number of hydrogen-bond acceptors (Lipinski definition) is 2. The second-order valence-corrected chi connectivity index (χ2v) is 4.72. The molecule has 4 aromatic rings. The van der Waals surface area contributed by atoms with Gasteiger partial charge in [0.2, 0.25) is 0 Å². The van der Waals surface area contributed by atoms with Crippen LogP contribution in [0.15, 0.2) is 70.0 Å². The summed E-state index contributed by atoms with van der Waals surface area (Å²) < 4.78 is 5.88. The lowest BCUT2D eigenvalue weighted by Gasteiger charge is -2.01. The molecule has 0 saturated heterocycles. The zero-order chi connectivity index (χ0) is 13.5. The van der Waals surface area contributed by atoms with E-state index in [4.69, 9.17) is 4.42 Å². The van der Waals surface area contributed by atoms with Crippen LogP contribution in [0.5, 0.6) is 0 Å². The summed E-state index contributed by atoms with van der Waals surface area (Å²) in [5.74, 6) is 0.589. The number of benzene rings is 2. The molecule has 2 aromatic heterocycles. The monoisotopic (exact) mass is 261 g/mol. The van der Waals surface area contributed by atoms with E-state index in [0.29, 0.717) is 16.7 Å². The molecule has 0 aliphatic rings. The van der Waals surface area contributed by atoms with E-state index >= 15 is 0 Å². The number of hydrogen-bond donors (Lipinski definition) is 1. The molecule has 3 heteroatoms. The number of para-hydroxylation sites is 2. The molecule has 0 fully saturated rings. The van der Waals surface area contributed by atoms with E-state index in [-0.39, 0.29) is 5.43 Å². The highest BCUT2D eigenvalue weighted by atomic mass is 16.3. The quantitative estimate of drug-likeness (QED) is 0.564. The van der Waals surface area contributed by atoms with E-state index in [9.17, 15) is 4.79 Å². The molecule has 0 aliphatic heterocycles. The molecule has 4 rings (SSSR count). The Hall–Kier alpha value is -2.81. The van der Waals surface area contributed by atoms with Gasteiger partial charge in [0.25, 0.3) is 0 Å². The van der Waals surface area contributed by atoms with Gasteiger partial charge in [0.1, 0.15) is 11.3 Å². The van der Waals surface area contributed by atoms with Gasteiger partial charge < -0.3 is 9.40 Å². The van der Waals surface area contributed by atoms with E-state index in [1.165, 1.54) is 0 Å². The summed E-state index contributed by atoms with van der Waals surface area (Å²) in [5, 5.41) is 1.65. The van der Waals surface area contributed by atoms with Crippen LogP contribution in [0.2, 0.25) is 0 Å². The maximum absolute atomic E-state index is 12.2. The second kappa shape index (κ2) is 4.10. The fourth-order valence-corrected chi connectivity index (χ4v) is 2.51. The van der Waals surface area contributed by atoms with Crippen LogP contribution < -0.4 is 5.43 Å². The third kappa shape index (κ3) is 1.57. The molecule has 2 heterocycles. The van der Waals surface area contributed by atoms with Crippen molar-refractivity contribution in [3.05, 3.63) is 71.0 Å². The number of H-pyrrole nitrogens is 1. The largest absolute Gasteiger partial charge is 0.456 e. The van der Waals surface area contributed by atoms with Gasteiger partial charge >= 0.3 is 0 Å². The highest BCUT2D eigenvalue weighted by molar-refractivity contribution is 5.94. The van der Waals surface area contributed by atoms with Crippen LogP contribution in [0, 0.1) is 0 Å². The normalized spacial score (nSPS) is 11.2. The van der Waals surface area contributed by atoms with Crippen LogP contribution in [0.1, 0.15) is 0 Å². The number of rotatable bonds is 1. The smallest absolute Gasteiger partial charge is 0.193 e. The Balaban J connectivity index is 2.05. The summed E-state index contributed by atoms with van der Waals surface area (Å²) in [4.78, 5) is 15.4. The molecule has 0 atom stereocenters. The van der Waals surface area contributed by atoms with Crippen LogP contribution in [0.25, 0.3) is 33.2 Å². The van der Waals surface area contributed by atoms with Crippen molar-refractivity contribution >= 4 is 21.9 Å². The SMILES string of the molecule is O=c1cc(-c2c[nH]c3ccccc23)oc2ccccc12. The molecule has 0 aliphatic carbocycles. The summed E-state index contributed by atoms with van der Waals surface area (Å²) in [7, 11) is 0. The third-order valence-electron chi connectivity index (χ3n) is 3.49. The molecular weight excluding hydrogens is 250 g/mol. The number of aromatic nitrogens is 1. The van der Waals surface area contributed by atoms with Crippen LogP contribution in [0.4, 0.5) is 0 Å². The molecule has 0 saturated carbocycles. The first-order valence-electron chi connectivity index (χ1n) is 6.42. The van der Waals surface area contributed by atoms with Gasteiger partial charge in [-0.25, -0.2) is 0 Å². The van der Waals surface area contributed by atoms with Crippen molar-refractivity contribution in [2.45, 2.75) is 0 Å². The Morgan fingerprint density at radius 1 is 0.900 bits per heavy atom. The van der Waals surface area contributed by atoms with Gasteiger partial charge in [-0.05, 0) is 18.2 Å². The third-order valence-corrected chi connectivity index (χ3v) is 3.49. The van der Waals surface area contributed by atoms with Gasteiger partial charge in [0, 0.05) is 28.7 Å². The molecular formula is C17H11NO2. The van der Waals surface area contributed by atoms with Crippen LogP contribution in [0.3, 0.4) is 0 Å². The van der Waals surface area contributed by atoms with Crippen molar-refractivity contribution in [3.63, 3.8) is 0 Å². The van der Waals surface area contributed by atoms with Crippen molar-refractivity contribution in [1.82, 2.24) is 4.98 Å². The summed E-state index contributed by atoms with van der Waals surface area (Å²) in [6.07, 6.45) is 1.87. The van der Waals surface area contributed by atoms with Crippen LogP contribution >= 0.6 is 0 Å². The Morgan fingerprint density at radius 3 is 2.55 bits per heavy atom. The first kappa shape index (κ1) is 11.1. The molecule has 3 nitrogen and oxygen atoms in total. The standard InChI is InChI=1S/C17H11NO2/c19-15-9-17(20-16-8-4-2-6-12(15)16)13-10-18-14-7-3-1-5-11(13)14/h1-10,18H. The molecule has 20 heavy (non-hydrogen) atoms. The highest BCUT2D eigenvalue weighted by Gasteiger charge is 2.10. The van der Waals surface area contributed by atoms with E-state index in [1.807, 2.05) is 48.7 Å². The Bertz CT molecular complexity index is 979. The van der Waals surface area contributed by atoms with E-state index < -0.39 is 0 Å². The highest BCUT2D eigenvalue weighted by Crippen LogP contribution is 2.29. The van der Waals surface area contributed by atoms with Gasteiger partial charge in [-0.1, -0.05) is 30.3 Å². The summed E-state index contributed by atoms with van der Waals surface area (Å²) in [5.41, 5.74) is 2.52. The predicted octanol–water partition coefficient (Wildman–Crippen LogP) is 3.94. The van der Waals surface area contributed by atoms with Crippen molar-refractivity contribution < 1.29 is 4.42 Å². The molecule has 96 valence electrons. The summed E-state index contributed by atoms with van der Waals surface area (Å²) in [6.45, 7) is 0. The minimum atomic E-state index is -0.0212. The van der Waals surface area contributed by atoms with E-state index in [0.717, 1.165) is 16.5 Å². The lowest BCUT2D eigenvalue weighted by Crippen LogP contribution is -1.99. The number of fused-ring (bicyclic) bond motifs is 2. The fraction of sp³-hybridized carbons (Fsp3) is 0. The topological polar surface area (TPSA) is 46.0 Å². The maximum Gasteiger partial charge on any atom is 0.193 e. The maximum atomic E-state index is 12.2. The van der Waals surface area contributed by atoms with Crippen molar-refractivity contribution in [2.24, 2.45) is 0 Å². The molecule has 0 bridgehead atoms. The molecule has 0 spiro atoms. The van der Waals surface area contributed by atoms with Crippen molar-refractivity contribution in [3.8, 4) is 11.3 Å². The van der Waals surface area contributed by atoms with Gasteiger partial charge in [-0.15, -0.1) is 0 Å². The predicted molar refractivity (Wildman–Crippen MR) is 79.8 cm³/mol. The second-order valence-electron chi connectivity index (χ2n) is 4.72. The zero-order valence-electron chi connectivity index (χ0n) is 10.6. The number of aromatic amines is 1. The molecule has 1 N–H and O–H groups in total. The van der Waals surface area contributed by atoms with Crippen molar-refractivity contribution in [2.75, 3.05) is 0 Å². The van der Waals surface area contributed by atoms with E-state index in [1.54, 1.807) is 12.1 Å². The van der Waals surface area contributed by atoms with Crippen molar-refractivity contribution in [1.29, 1.82) is 0 Å². The van der Waals surface area contributed by atoms with Gasteiger partial charge in [0.15, 0.2) is 5.43 Å². The van der Waals surface area contributed by atoms with Gasteiger partial charge in [-0.3, -0.25) is 4.79 Å². The average molecular weight is 261 g/mol. The Morgan fingerprint density at radius 2 is 1.65 bits per heavy atom. The van der Waals surface area contributed by atoms with E-state index in [2.05, 4.69) is 4.98 Å². The van der Waals surface area contributed by atoms with Crippen LogP contribution in [-0.2, 0) is 0 Å². The minimum absolute atomic E-state index is 0.0212. The van der Waals surface area contributed by atoms with Gasteiger partial charge in [-0.2, -0.15) is 0 Å². The Kier molecular flexibility index (Phi) is 2.27. The number of nitrogens with one attached hydrogen (secondary N) is 1. The first-order chi connectivity index (χ1) is 9.83. The molecule has 0 radical (unpaired) electrons. The van der Waals surface area contributed by atoms with Gasteiger partial charge in [0.05, 0.1) is 5.39 Å². The van der Waals surface area contributed by atoms with Crippen LogP contribution in [-0.4, -0.2) is 4.98 Å². The lowest BCUT2D eigenvalue weighted by atomic mass is 10.1. The molecule has 0 amide bonds. The first-order valence-corrected chi connectivity index (χ1v) is 6.42. The molecule has 2 aromatic carbocycles.